The number of alkyl carbamates (subject to hydrolysis) is 1. The predicted molar refractivity (Wildman–Crippen MR) is 337 cm³/mol. The number of aromatic hydroxyl groups is 6. The first-order valence-corrected chi connectivity index (χ1v) is 30.7. The third-order valence-electron chi connectivity index (χ3n) is 15.4. The molecule has 0 aromatic heterocycles. The molecule has 6 aliphatic heterocycles. The fourth-order valence-corrected chi connectivity index (χ4v) is 11.6. The number of amides is 7. The zero-order valence-corrected chi connectivity index (χ0v) is 52.9. The molecule has 0 saturated heterocycles. The van der Waals surface area contributed by atoms with Gasteiger partial charge in [0.15, 0.2) is 29.0 Å². The number of phenolic OH excluding ortho intramolecular Hbond substituents is 6. The monoisotopic (exact) mass is 1400 g/mol. The summed E-state index contributed by atoms with van der Waals surface area (Å²) < 4.78 is 29.5. The summed E-state index contributed by atoms with van der Waals surface area (Å²) in [6.45, 7) is 4.45. The van der Waals surface area contributed by atoms with Gasteiger partial charge in [-0.25, -0.2) is 9.59 Å². The average molecular weight is 1410 g/mol. The molecule has 0 radical (unpaired) electrons. The van der Waals surface area contributed by atoms with Crippen LogP contribution in [-0.4, -0.2) is 113 Å². The maximum atomic E-state index is 15.9. The van der Waals surface area contributed by atoms with E-state index < -0.39 is 159 Å². The van der Waals surface area contributed by atoms with Crippen LogP contribution in [0.25, 0.3) is 11.1 Å². The highest BCUT2D eigenvalue weighted by atomic mass is 79.9. The van der Waals surface area contributed by atoms with Gasteiger partial charge in [-0.1, -0.05) is 63.4 Å². The van der Waals surface area contributed by atoms with Gasteiger partial charge in [0.25, 0.3) is 0 Å². The van der Waals surface area contributed by atoms with Crippen LogP contribution in [0, 0.1) is 0 Å². The Morgan fingerprint density at radius 2 is 1.16 bits per heavy atom. The average Bonchev–Trinajstić information content (AvgIpc) is 0.773. The summed E-state index contributed by atoms with van der Waals surface area (Å²) in [6.07, 6.45) is -3.63. The van der Waals surface area contributed by atoms with Crippen molar-refractivity contribution in [2.24, 2.45) is 0 Å². The quantitative estimate of drug-likeness (QED) is 0.0602. The second kappa shape index (κ2) is 26.4. The van der Waals surface area contributed by atoms with Gasteiger partial charge in [-0.2, -0.15) is 0 Å². The Kier molecular flexibility index (Phi) is 18.3. The Morgan fingerprint density at radius 1 is 0.568 bits per heavy atom. The van der Waals surface area contributed by atoms with Crippen molar-refractivity contribution in [3.05, 3.63) is 164 Å². The van der Waals surface area contributed by atoms with E-state index >= 15 is 19.2 Å². The van der Waals surface area contributed by atoms with Gasteiger partial charge in [-0.05, 0) is 133 Å². The van der Waals surface area contributed by atoms with Gasteiger partial charge in [0.2, 0.25) is 41.2 Å². The smallest absolute Gasteiger partial charge is 0.408 e. The van der Waals surface area contributed by atoms with E-state index in [0.717, 1.165) is 66.7 Å². The molecule has 0 fully saturated rings. The predicted octanol–water partition coefficient (Wildman–Crippen LogP) is 7.40. The van der Waals surface area contributed by atoms with Gasteiger partial charge in [-0.3, -0.25) is 28.8 Å². The second-order valence-electron chi connectivity index (χ2n) is 23.2. The van der Waals surface area contributed by atoms with Crippen molar-refractivity contribution >= 4 is 86.6 Å². The van der Waals surface area contributed by atoms with Crippen LogP contribution >= 0.6 is 39.1 Å². The van der Waals surface area contributed by atoms with E-state index in [1.807, 2.05) is 0 Å². The number of aliphatic hydroxyl groups excluding tert-OH is 1. The molecule has 17 bridgehead atoms. The van der Waals surface area contributed by atoms with Crippen LogP contribution in [0.4, 0.5) is 4.79 Å². The number of esters is 1. The van der Waals surface area contributed by atoms with Crippen LogP contribution in [0.5, 0.6) is 69.0 Å². The van der Waals surface area contributed by atoms with Crippen LogP contribution in [0.1, 0.15) is 96.0 Å². The number of fused-ring (bicyclic) bond motifs is 14. The molecule has 8 atom stereocenters. The minimum Gasteiger partial charge on any atom is -0.508 e. The number of carbonyl (C=O) groups excluding carboxylic acids is 8. The normalized spacial score (nSPS) is 21.0. The maximum Gasteiger partial charge on any atom is 0.408 e. The van der Waals surface area contributed by atoms with Gasteiger partial charge in [0.05, 0.1) is 10.0 Å². The molecule has 0 spiro atoms. The van der Waals surface area contributed by atoms with Crippen molar-refractivity contribution in [3.63, 3.8) is 0 Å². The summed E-state index contributed by atoms with van der Waals surface area (Å²) in [5.74, 6) is -14.7. The minimum absolute atomic E-state index is 0.00534. The van der Waals surface area contributed by atoms with E-state index in [1.54, 1.807) is 20.8 Å². The van der Waals surface area contributed by atoms with Crippen molar-refractivity contribution in [1.82, 2.24) is 37.2 Å². The van der Waals surface area contributed by atoms with Gasteiger partial charge >= 0.3 is 12.1 Å². The lowest BCUT2D eigenvalue weighted by molar-refractivity contribution is -0.148. The van der Waals surface area contributed by atoms with Gasteiger partial charge in [0, 0.05) is 40.6 Å². The number of phenols is 6. The minimum atomic E-state index is -2.20. The SMILES string of the molecule is CC(C)(C)OC(=O)N[C@@H]1C(=O)N[C@@H]2Cc3ccc(c(Cl)c3)Oc3cc4cc(c3O)Oc3ccc(cc3Cl)[C@@H](O)[C@@H]3NC(=O)[C@H](NC(=O)[C@@H]4NC(=O)[C@@H](NC2=O)c2cc(O)cc(c2)Oc2cc1ccc2O)c1ccc(O)c(c1)-c1c(O)cc(O)cc1[C@H](C(=O)OCCBr)NC3=O. The number of carbonyl (C=O) groups is 8. The molecule has 7 aromatic rings. The molecule has 30 heteroatoms. The highest BCUT2D eigenvalue weighted by Gasteiger charge is 2.42. The van der Waals surface area contributed by atoms with Crippen molar-refractivity contribution in [2.45, 2.75) is 81.2 Å². The Morgan fingerprint density at radius 3 is 1.82 bits per heavy atom. The zero-order chi connectivity index (χ0) is 68.1. The third-order valence-corrected chi connectivity index (χ3v) is 16.3. The van der Waals surface area contributed by atoms with Crippen LogP contribution in [0.3, 0.4) is 0 Å². The molecule has 492 valence electrons. The standard InChI is InChI=1S/C65H56BrCl2N7O20/c1-65(2,3)95-64(90)75-50-28-6-9-41(79)45(20-28)92-34-17-30(16-32(76)23-34)51-60(86)72-52-31-21-46(93-43-10-4-26(14-37(43)67)15-39(57(83)70-51)69-58(50)84)56(82)47(22-31)94-44-11-7-29(19-38(44)68)55(81)54-62(88)73-53(63(89)91-13-12-66)36-24-33(77)25-42(80)48(36)35-18-27(5-8-40(35)78)49(59(85)74-54)71-61(52)87/h4-11,14,16-25,39,49-55,76-82H,12-13,15H2,1-3H3,(H,69,84)(H,70,83)(H,71,87)(H,72,86)(H,73,88)(H,74,85)(H,75,90)/t39-,49-,50+,51+,52-,53-,54+,55-/m1/s1. The van der Waals surface area contributed by atoms with Crippen LogP contribution in [-0.2, 0) is 49.5 Å². The van der Waals surface area contributed by atoms with E-state index in [-0.39, 0.29) is 89.5 Å². The molecule has 0 saturated carbocycles. The second-order valence-corrected chi connectivity index (χ2v) is 24.8. The lowest BCUT2D eigenvalue weighted by Crippen LogP contribution is -2.55. The molecular weight excluding hydrogens is 1350 g/mol. The van der Waals surface area contributed by atoms with E-state index in [9.17, 15) is 54.9 Å². The molecule has 14 N–H and O–H groups in total. The van der Waals surface area contributed by atoms with E-state index in [1.165, 1.54) is 48.5 Å². The number of hydrogen-bond acceptors (Lipinski definition) is 20. The van der Waals surface area contributed by atoms with E-state index in [4.69, 9.17) is 46.9 Å². The number of rotatable bonds is 4. The molecule has 13 rings (SSSR count). The molecule has 0 aliphatic carbocycles. The van der Waals surface area contributed by atoms with Crippen molar-refractivity contribution in [3.8, 4) is 80.1 Å². The molecule has 0 unspecified atom stereocenters. The zero-order valence-electron chi connectivity index (χ0n) is 49.8. The fraction of sp³-hybridized carbons (Fsp3) is 0.231. The fourth-order valence-electron chi connectivity index (χ4n) is 11.0. The third kappa shape index (κ3) is 14.0. The topological polar surface area (TPSA) is 409 Å². The highest BCUT2D eigenvalue weighted by molar-refractivity contribution is 9.09. The van der Waals surface area contributed by atoms with Crippen LogP contribution < -0.4 is 51.4 Å². The van der Waals surface area contributed by atoms with E-state index in [2.05, 4.69) is 53.1 Å². The largest absolute Gasteiger partial charge is 0.508 e. The number of halogens is 3. The lowest BCUT2D eigenvalue weighted by Gasteiger charge is -2.31. The Bertz CT molecular complexity index is 4360. The molecule has 27 nitrogen and oxygen atoms in total. The van der Waals surface area contributed by atoms with E-state index in [0.29, 0.717) is 0 Å². The molecule has 6 heterocycles. The van der Waals surface area contributed by atoms with Gasteiger partial charge in [0.1, 0.15) is 94.8 Å². The number of alkyl halides is 1. The summed E-state index contributed by atoms with van der Waals surface area (Å²) >= 11 is 17.0. The summed E-state index contributed by atoms with van der Waals surface area (Å²) in [4.78, 5) is 120. The Hall–Kier alpha value is -10.7. The highest BCUT2D eigenvalue weighted by Crippen LogP contribution is 2.48. The Labute approximate surface area is 556 Å². The maximum absolute atomic E-state index is 15.9. The van der Waals surface area contributed by atoms with Crippen molar-refractivity contribution < 1.29 is 97.8 Å². The number of aliphatic hydroxyl groups is 1. The first-order chi connectivity index (χ1) is 45.1. The van der Waals surface area contributed by atoms with Crippen LogP contribution in [0.2, 0.25) is 10.0 Å². The van der Waals surface area contributed by atoms with Gasteiger partial charge < -0.3 is 96.6 Å². The molecular formula is C65H56BrCl2N7O20. The molecule has 7 aromatic carbocycles. The molecule has 7 amide bonds. The first-order valence-electron chi connectivity index (χ1n) is 28.9. The van der Waals surface area contributed by atoms with Gasteiger partial charge in [-0.15, -0.1) is 0 Å². The van der Waals surface area contributed by atoms with Crippen molar-refractivity contribution in [2.75, 3.05) is 11.9 Å². The molecule has 6 aliphatic rings. The number of nitrogens with one attached hydrogen (secondary N) is 7. The molecule has 95 heavy (non-hydrogen) atoms. The lowest BCUT2D eigenvalue weighted by atomic mass is 9.89. The Balaban J connectivity index is 1.12. The number of ether oxygens (including phenoxy) is 5. The summed E-state index contributed by atoms with van der Waals surface area (Å²) in [5.41, 5.74) is -3.04. The number of hydrogen-bond donors (Lipinski definition) is 14. The van der Waals surface area contributed by atoms with Crippen molar-refractivity contribution in [1.29, 1.82) is 0 Å². The number of benzene rings is 7. The summed E-state index contributed by atoms with van der Waals surface area (Å²) in [5, 5.41) is 98.7. The summed E-state index contributed by atoms with van der Waals surface area (Å²) in [7, 11) is 0. The summed E-state index contributed by atoms with van der Waals surface area (Å²) in [6, 6.07) is 7.98. The first kappa shape index (κ1) is 65.8. The van der Waals surface area contributed by atoms with Crippen LogP contribution in [0.15, 0.2) is 115 Å².